The molecule has 4 aliphatic heterocycles. The van der Waals surface area contributed by atoms with Crippen LogP contribution in [-0.4, -0.2) is 131 Å². The van der Waals surface area contributed by atoms with Gasteiger partial charge in [0, 0.05) is 55.7 Å². The zero-order valence-corrected chi connectivity index (χ0v) is 42.4. The quantitative estimate of drug-likeness (QED) is 0.0393. The van der Waals surface area contributed by atoms with Gasteiger partial charge in [0.2, 0.25) is 0 Å². The van der Waals surface area contributed by atoms with E-state index >= 15 is 0 Å². The number of nitrogens with one attached hydrogen (secondary N) is 2. The fourth-order valence-electron chi connectivity index (χ4n) is 9.91. The summed E-state index contributed by atoms with van der Waals surface area (Å²) >= 11 is 0. The number of nitrogens with zero attached hydrogens (tertiary/aromatic N) is 4. The van der Waals surface area contributed by atoms with Crippen LogP contribution in [0.1, 0.15) is 35.1 Å². The number of hydrogen-bond acceptors (Lipinski definition) is 16. The second-order valence-corrected chi connectivity index (χ2v) is 19.6. The smallest absolute Gasteiger partial charge is 0.422 e. The van der Waals surface area contributed by atoms with E-state index in [9.17, 15) is 19.8 Å². The van der Waals surface area contributed by atoms with E-state index in [4.69, 9.17) is 40.0 Å². The van der Waals surface area contributed by atoms with Gasteiger partial charge in [0.25, 0.3) is 0 Å². The Morgan fingerprint density at radius 2 is 1.09 bits per heavy atom. The van der Waals surface area contributed by atoms with Crippen LogP contribution in [0.2, 0.25) is 0 Å². The second-order valence-electron chi connectivity index (χ2n) is 19.6. The van der Waals surface area contributed by atoms with Crippen LogP contribution < -0.4 is 22.3 Å². The maximum Gasteiger partial charge on any atom is 0.422 e. The summed E-state index contributed by atoms with van der Waals surface area (Å²) in [6.45, 7) is 2.70. The Kier molecular flexibility index (Phi) is 19.1. The molecule has 0 saturated carbocycles. The molecule has 4 aliphatic rings. The van der Waals surface area contributed by atoms with Crippen molar-refractivity contribution in [3.8, 4) is 22.5 Å². The van der Waals surface area contributed by atoms with Gasteiger partial charge >= 0.3 is 12.2 Å². The molecule has 0 bridgehead atoms. The SMILES string of the molecule is N[C@@H](Cc1ccccc1)[C@@H](O)CN(N)Cc1ccc(-c2ccccn2)cc1.O=C(N[C@@H](Cc1ccccc1)[C@@H](O)CN(Cc1ccc(-c2ccccn2)cc1)NC(=O)O[C@H]1CO[C@H]2OCC[C@H]21)O[C@H]1CO[C@H]2OCC[C@H]21. The van der Waals surface area contributed by atoms with E-state index in [0.717, 1.165) is 57.6 Å². The maximum absolute atomic E-state index is 13.3. The van der Waals surface area contributed by atoms with E-state index in [1.165, 1.54) is 0 Å². The lowest BCUT2D eigenvalue weighted by molar-refractivity contribution is -0.0909. The second kappa shape index (κ2) is 26.9. The number of hydrogen-bond donors (Lipinski definition) is 6. The van der Waals surface area contributed by atoms with Crippen molar-refractivity contribution in [2.45, 2.75) is 87.9 Å². The average molecular weight is 1040 g/mol. The topological polar surface area (TPSA) is 238 Å². The van der Waals surface area contributed by atoms with Crippen molar-refractivity contribution in [1.82, 2.24) is 30.7 Å². The minimum Gasteiger partial charge on any atom is -0.443 e. The van der Waals surface area contributed by atoms with Crippen LogP contribution in [0.5, 0.6) is 0 Å². The molecule has 0 radical (unpaired) electrons. The Morgan fingerprint density at radius 1 is 0.592 bits per heavy atom. The van der Waals surface area contributed by atoms with Crippen molar-refractivity contribution in [2.24, 2.45) is 23.4 Å². The molecule has 6 heterocycles. The highest BCUT2D eigenvalue weighted by molar-refractivity contribution is 5.68. The number of nitrogens with two attached hydrogens (primary N) is 2. The summed E-state index contributed by atoms with van der Waals surface area (Å²) in [5.41, 5.74) is 16.7. The van der Waals surface area contributed by atoms with Gasteiger partial charge in [-0.25, -0.2) is 19.6 Å². The van der Waals surface area contributed by atoms with Crippen molar-refractivity contribution in [2.75, 3.05) is 39.5 Å². The van der Waals surface area contributed by atoms with Gasteiger partial charge in [-0.2, -0.15) is 0 Å². The van der Waals surface area contributed by atoms with Crippen LogP contribution in [0.25, 0.3) is 22.5 Å². The molecule has 4 saturated heterocycles. The number of carbonyl (C=O) groups excluding carboxylic acids is 2. The summed E-state index contributed by atoms with van der Waals surface area (Å²) in [5, 5.41) is 28.1. The molecule has 2 amide bonds. The van der Waals surface area contributed by atoms with Crippen molar-refractivity contribution in [3.05, 3.63) is 180 Å². The summed E-state index contributed by atoms with van der Waals surface area (Å²) in [5.74, 6) is 6.05. The number of pyridine rings is 2. The van der Waals surface area contributed by atoms with E-state index in [0.29, 0.717) is 39.1 Å². The molecular formula is C58H68N8O10. The third kappa shape index (κ3) is 15.3. The van der Waals surface area contributed by atoms with E-state index in [-0.39, 0.29) is 56.8 Å². The van der Waals surface area contributed by atoms with Crippen LogP contribution in [-0.2, 0) is 54.4 Å². The number of amides is 2. The Hall–Kier alpha value is -6.68. The fourth-order valence-corrected chi connectivity index (χ4v) is 9.91. The first kappa shape index (κ1) is 54.1. The molecule has 0 unspecified atom stereocenters. The molecule has 4 fully saturated rings. The van der Waals surface area contributed by atoms with E-state index in [2.05, 4.69) is 20.7 Å². The first-order valence-electron chi connectivity index (χ1n) is 26.0. The van der Waals surface area contributed by atoms with E-state index in [1.807, 2.05) is 146 Å². The predicted octanol–water partition coefficient (Wildman–Crippen LogP) is 5.77. The summed E-state index contributed by atoms with van der Waals surface area (Å²) in [6.07, 6.45) is 1.24. The third-order valence-corrected chi connectivity index (χ3v) is 14.0. The molecule has 18 nitrogen and oxygen atoms in total. The van der Waals surface area contributed by atoms with Crippen molar-refractivity contribution in [3.63, 3.8) is 0 Å². The normalized spacial score (nSPS) is 22.1. The largest absolute Gasteiger partial charge is 0.443 e. The van der Waals surface area contributed by atoms with Crippen LogP contribution in [0.15, 0.2) is 158 Å². The molecule has 0 spiro atoms. The Bertz CT molecular complexity index is 2700. The van der Waals surface area contributed by atoms with Gasteiger partial charge < -0.3 is 49.7 Å². The van der Waals surface area contributed by atoms with Gasteiger partial charge in [0.1, 0.15) is 12.2 Å². The molecule has 400 valence electrons. The zero-order valence-electron chi connectivity index (χ0n) is 42.4. The molecule has 4 aromatic carbocycles. The monoisotopic (exact) mass is 1040 g/mol. The Labute approximate surface area is 443 Å². The number of ether oxygens (including phenoxy) is 6. The molecular weight excluding hydrogens is 969 g/mol. The maximum atomic E-state index is 13.3. The lowest BCUT2D eigenvalue weighted by Crippen LogP contribution is -2.54. The number of aromatic nitrogens is 2. The summed E-state index contributed by atoms with van der Waals surface area (Å²) < 4.78 is 34.0. The number of carbonyl (C=O) groups is 2. The minimum absolute atomic E-state index is 0.0191. The first-order valence-corrected chi connectivity index (χ1v) is 26.0. The summed E-state index contributed by atoms with van der Waals surface area (Å²) in [6, 6.07) is 45.9. The number of aliphatic hydroxyl groups excluding tert-OH is 2. The van der Waals surface area contributed by atoms with Gasteiger partial charge in [-0.1, -0.05) is 121 Å². The molecule has 2 aromatic heterocycles. The van der Waals surface area contributed by atoms with Crippen LogP contribution in [0.4, 0.5) is 9.59 Å². The highest BCUT2D eigenvalue weighted by atomic mass is 16.7. The number of aliphatic hydroxyl groups is 2. The zero-order chi connectivity index (χ0) is 52.6. The minimum atomic E-state index is -1.12. The van der Waals surface area contributed by atoms with Gasteiger partial charge in [-0.05, 0) is 72.2 Å². The molecule has 0 aliphatic carbocycles. The van der Waals surface area contributed by atoms with E-state index in [1.54, 1.807) is 22.4 Å². The highest BCUT2D eigenvalue weighted by Gasteiger charge is 2.45. The molecule has 6 aromatic rings. The fraction of sp³-hybridized carbons (Fsp3) is 0.379. The molecule has 76 heavy (non-hydrogen) atoms. The van der Waals surface area contributed by atoms with Gasteiger partial charge in [0.05, 0.1) is 67.9 Å². The van der Waals surface area contributed by atoms with Crippen LogP contribution in [0.3, 0.4) is 0 Å². The lowest BCUT2D eigenvalue weighted by Gasteiger charge is -2.31. The Balaban J connectivity index is 0.000000221. The first-order chi connectivity index (χ1) is 37.1. The van der Waals surface area contributed by atoms with Crippen molar-refractivity contribution >= 4 is 12.2 Å². The van der Waals surface area contributed by atoms with E-state index < -0.39 is 42.6 Å². The average Bonchev–Trinajstić information content (AvgIpc) is 4.27. The van der Waals surface area contributed by atoms with Gasteiger partial charge in [-0.15, -0.1) is 0 Å². The lowest BCUT2D eigenvalue weighted by atomic mass is 10.0. The van der Waals surface area contributed by atoms with Gasteiger partial charge in [-0.3, -0.25) is 21.2 Å². The van der Waals surface area contributed by atoms with Crippen LogP contribution >= 0.6 is 0 Å². The number of benzene rings is 4. The molecule has 10 atom stereocenters. The third-order valence-electron chi connectivity index (χ3n) is 14.0. The predicted molar refractivity (Wildman–Crippen MR) is 283 cm³/mol. The van der Waals surface area contributed by atoms with Gasteiger partial charge in [0.15, 0.2) is 12.6 Å². The van der Waals surface area contributed by atoms with Crippen molar-refractivity contribution < 1.29 is 48.2 Å². The standard InChI is InChI=1S/C36H42N4O9.C22H26N4O/c41-30(29(18-23-6-2-1-3-7-23)38-35(42)48-31-21-46-33-26(31)13-16-44-33)20-40(39-36(43)49-32-22-47-34-27(32)14-17-45-34)19-24-9-11-25(12-10-24)28-8-4-5-15-37-28;23-20(14-17-6-2-1-3-7-17)22(27)16-26(24)15-18-9-11-19(12-10-18)21-8-4-5-13-25-21/h1-12,15,26-27,29-34,41H,13-14,16-22H2,(H,38,42)(H,39,43);1-13,20,22,27H,14-16,23-24H2/t26-,27-,29-,30-,31-,32-,33+,34+;20-,22-/m00/s1. The Morgan fingerprint density at radius 3 is 1.62 bits per heavy atom. The number of fused-ring (bicyclic) bond motifs is 2. The summed E-state index contributed by atoms with van der Waals surface area (Å²) in [4.78, 5) is 35.2. The van der Waals surface area contributed by atoms with Crippen LogP contribution in [0, 0.1) is 11.8 Å². The molecule has 10 rings (SSSR count). The number of rotatable bonds is 20. The summed E-state index contributed by atoms with van der Waals surface area (Å²) in [7, 11) is 0. The number of alkyl carbamates (subject to hydrolysis) is 1. The van der Waals surface area contributed by atoms with Crippen molar-refractivity contribution in [1.29, 1.82) is 0 Å². The molecule has 8 N–H and O–H groups in total. The molecule has 18 heteroatoms. The highest BCUT2D eigenvalue weighted by Crippen LogP contribution is 2.34. The number of hydrazine groups is 2.